The van der Waals surface area contributed by atoms with Crippen LogP contribution < -0.4 is 5.32 Å². The SMILES string of the molecule is O=C(NC1(c2cncnc2)CC1)C(F)(F)F. The lowest BCUT2D eigenvalue weighted by atomic mass is 10.1. The Balaban J connectivity index is 2.14. The summed E-state index contributed by atoms with van der Waals surface area (Å²) in [5, 5.41) is 1.98. The van der Waals surface area contributed by atoms with Crippen molar-refractivity contribution in [3.63, 3.8) is 0 Å². The average Bonchev–Trinajstić information content (AvgIpc) is 2.99. The Labute approximate surface area is 88.9 Å². The number of carbonyl (C=O) groups is 1. The van der Waals surface area contributed by atoms with E-state index in [-0.39, 0.29) is 0 Å². The van der Waals surface area contributed by atoms with E-state index < -0.39 is 17.6 Å². The maximum Gasteiger partial charge on any atom is 0.471 e. The third-order valence-corrected chi connectivity index (χ3v) is 2.47. The smallest absolute Gasteiger partial charge is 0.339 e. The Hall–Kier alpha value is -1.66. The van der Waals surface area contributed by atoms with Crippen LogP contribution in [-0.2, 0) is 10.3 Å². The second-order valence-electron chi connectivity index (χ2n) is 3.66. The van der Waals surface area contributed by atoms with Crippen molar-refractivity contribution in [3.05, 3.63) is 24.3 Å². The Kier molecular flexibility index (Phi) is 2.32. The number of amides is 1. The number of rotatable bonds is 2. The lowest BCUT2D eigenvalue weighted by Crippen LogP contribution is -2.43. The number of halogens is 3. The van der Waals surface area contributed by atoms with E-state index >= 15 is 0 Å². The van der Waals surface area contributed by atoms with Crippen LogP contribution in [0.5, 0.6) is 0 Å². The number of alkyl halides is 3. The first-order valence-electron chi connectivity index (χ1n) is 4.59. The maximum absolute atomic E-state index is 12.1. The molecule has 0 atom stereocenters. The molecule has 1 amide bonds. The third-order valence-electron chi connectivity index (χ3n) is 2.47. The molecule has 0 saturated heterocycles. The van der Waals surface area contributed by atoms with Crippen molar-refractivity contribution in [2.24, 2.45) is 0 Å². The van der Waals surface area contributed by atoms with Gasteiger partial charge in [0.05, 0.1) is 5.54 Å². The topological polar surface area (TPSA) is 54.9 Å². The Morgan fingerprint density at radius 1 is 1.31 bits per heavy atom. The molecule has 1 aromatic heterocycles. The van der Waals surface area contributed by atoms with Gasteiger partial charge in [0.25, 0.3) is 0 Å². The van der Waals surface area contributed by atoms with E-state index in [1.165, 1.54) is 18.7 Å². The molecule has 86 valence electrons. The zero-order valence-electron chi connectivity index (χ0n) is 8.08. The van der Waals surface area contributed by atoms with Crippen LogP contribution in [0.2, 0.25) is 0 Å². The number of nitrogens with zero attached hydrogens (tertiary/aromatic N) is 2. The molecule has 4 nitrogen and oxygen atoms in total. The molecule has 1 aliphatic carbocycles. The van der Waals surface area contributed by atoms with Crippen molar-refractivity contribution in [2.75, 3.05) is 0 Å². The summed E-state index contributed by atoms with van der Waals surface area (Å²) in [5.74, 6) is -1.92. The van der Waals surface area contributed by atoms with E-state index in [9.17, 15) is 18.0 Å². The van der Waals surface area contributed by atoms with Crippen molar-refractivity contribution in [3.8, 4) is 0 Å². The largest absolute Gasteiger partial charge is 0.471 e. The van der Waals surface area contributed by atoms with Crippen molar-refractivity contribution >= 4 is 5.91 Å². The van der Waals surface area contributed by atoms with Crippen molar-refractivity contribution < 1.29 is 18.0 Å². The predicted octanol–water partition coefficient (Wildman–Crippen LogP) is 1.14. The van der Waals surface area contributed by atoms with Gasteiger partial charge in [-0.1, -0.05) is 0 Å². The van der Waals surface area contributed by atoms with Crippen LogP contribution in [-0.4, -0.2) is 22.1 Å². The van der Waals surface area contributed by atoms with Crippen molar-refractivity contribution in [1.29, 1.82) is 0 Å². The van der Waals surface area contributed by atoms with Crippen molar-refractivity contribution in [1.82, 2.24) is 15.3 Å². The molecule has 0 aromatic carbocycles. The highest BCUT2D eigenvalue weighted by molar-refractivity contribution is 5.83. The molecule has 1 saturated carbocycles. The number of carbonyl (C=O) groups excluding carboxylic acids is 1. The van der Waals surface area contributed by atoms with E-state index in [4.69, 9.17) is 0 Å². The summed E-state index contributed by atoms with van der Waals surface area (Å²) in [7, 11) is 0. The average molecular weight is 231 g/mol. The minimum atomic E-state index is -4.86. The Bertz CT molecular complexity index is 400. The zero-order valence-corrected chi connectivity index (χ0v) is 8.08. The molecular weight excluding hydrogens is 223 g/mol. The summed E-state index contributed by atoms with van der Waals surface area (Å²) >= 11 is 0. The van der Waals surface area contributed by atoms with Gasteiger partial charge in [0, 0.05) is 18.0 Å². The van der Waals surface area contributed by atoms with Crippen LogP contribution in [0, 0.1) is 0 Å². The van der Waals surface area contributed by atoms with Gasteiger partial charge < -0.3 is 5.32 Å². The van der Waals surface area contributed by atoms with E-state index in [0.29, 0.717) is 18.4 Å². The molecule has 1 aliphatic rings. The molecule has 0 spiro atoms. The molecule has 1 heterocycles. The number of hydrogen-bond acceptors (Lipinski definition) is 3. The van der Waals surface area contributed by atoms with Gasteiger partial charge in [-0.25, -0.2) is 9.97 Å². The van der Waals surface area contributed by atoms with Gasteiger partial charge >= 0.3 is 12.1 Å². The van der Waals surface area contributed by atoms with E-state index in [1.54, 1.807) is 0 Å². The van der Waals surface area contributed by atoms with Gasteiger partial charge in [-0.05, 0) is 12.8 Å². The normalized spacial score (nSPS) is 17.9. The highest BCUT2D eigenvalue weighted by atomic mass is 19.4. The highest BCUT2D eigenvalue weighted by Gasteiger charge is 2.51. The van der Waals surface area contributed by atoms with Gasteiger partial charge in [-0.15, -0.1) is 0 Å². The lowest BCUT2D eigenvalue weighted by Gasteiger charge is -2.17. The Morgan fingerprint density at radius 2 is 1.88 bits per heavy atom. The first-order chi connectivity index (χ1) is 7.44. The quantitative estimate of drug-likeness (QED) is 0.830. The lowest BCUT2D eigenvalue weighted by molar-refractivity contribution is -0.174. The predicted molar refractivity (Wildman–Crippen MR) is 47.1 cm³/mol. The molecule has 16 heavy (non-hydrogen) atoms. The molecule has 1 fully saturated rings. The highest BCUT2D eigenvalue weighted by Crippen LogP contribution is 2.45. The second-order valence-corrected chi connectivity index (χ2v) is 3.66. The first-order valence-corrected chi connectivity index (χ1v) is 4.59. The van der Waals surface area contributed by atoms with E-state index in [0.717, 1.165) is 0 Å². The zero-order chi connectivity index (χ0) is 11.8. The van der Waals surface area contributed by atoms with Crippen LogP contribution in [0.15, 0.2) is 18.7 Å². The molecule has 1 N–H and O–H groups in total. The van der Waals surface area contributed by atoms with Gasteiger partial charge in [0.1, 0.15) is 6.33 Å². The molecule has 0 radical (unpaired) electrons. The minimum absolute atomic E-state index is 0.474. The summed E-state index contributed by atoms with van der Waals surface area (Å²) < 4.78 is 36.2. The summed E-state index contributed by atoms with van der Waals surface area (Å²) in [5.41, 5.74) is -0.416. The van der Waals surface area contributed by atoms with Crippen LogP contribution >= 0.6 is 0 Å². The molecule has 0 bridgehead atoms. The number of aromatic nitrogens is 2. The van der Waals surface area contributed by atoms with E-state index in [1.807, 2.05) is 5.32 Å². The fraction of sp³-hybridized carbons (Fsp3) is 0.444. The van der Waals surface area contributed by atoms with E-state index in [2.05, 4.69) is 9.97 Å². The molecular formula is C9H8F3N3O. The van der Waals surface area contributed by atoms with Crippen LogP contribution in [0.3, 0.4) is 0 Å². The first kappa shape index (κ1) is 10.8. The number of hydrogen-bond donors (Lipinski definition) is 1. The van der Waals surface area contributed by atoms with Gasteiger partial charge in [0.2, 0.25) is 0 Å². The van der Waals surface area contributed by atoms with Crippen molar-refractivity contribution in [2.45, 2.75) is 24.6 Å². The van der Waals surface area contributed by atoms with Crippen LogP contribution in [0.1, 0.15) is 18.4 Å². The standard InChI is InChI=1S/C9H8F3N3O/c10-9(11,12)7(16)15-8(1-2-8)6-3-13-5-14-4-6/h3-5H,1-2H2,(H,15,16). The minimum Gasteiger partial charge on any atom is -0.339 e. The molecule has 7 heteroatoms. The van der Waals surface area contributed by atoms with Crippen LogP contribution in [0.25, 0.3) is 0 Å². The fourth-order valence-corrected chi connectivity index (χ4v) is 1.45. The fourth-order valence-electron chi connectivity index (χ4n) is 1.45. The van der Waals surface area contributed by atoms with Gasteiger partial charge in [-0.2, -0.15) is 13.2 Å². The Morgan fingerprint density at radius 3 is 2.31 bits per heavy atom. The maximum atomic E-state index is 12.1. The molecule has 0 aliphatic heterocycles. The monoisotopic (exact) mass is 231 g/mol. The summed E-state index contributed by atoms with van der Waals surface area (Å²) in [6.45, 7) is 0. The summed E-state index contributed by atoms with van der Waals surface area (Å²) in [4.78, 5) is 18.3. The second kappa shape index (κ2) is 3.43. The number of nitrogens with one attached hydrogen (secondary N) is 1. The van der Waals surface area contributed by atoms with Gasteiger partial charge in [-0.3, -0.25) is 4.79 Å². The third kappa shape index (κ3) is 1.98. The van der Waals surface area contributed by atoms with Crippen LogP contribution in [0.4, 0.5) is 13.2 Å². The van der Waals surface area contributed by atoms with Gasteiger partial charge in [0.15, 0.2) is 0 Å². The summed E-state index contributed by atoms with van der Waals surface area (Å²) in [6, 6.07) is 0. The summed E-state index contributed by atoms with van der Waals surface area (Å²) in [6.07, 6.45) is 0.202. The molecule has 0 unspecified atom stereocenters. The molecule has 2 rings (SSSR count). The molecule has 1 aromatic rings.